The first-order chi connectivity index (χ1) is 16.2. The fourth-order valence-electron chi connectivity index (χ4n) is 5.19. The SMILES string of the molecule is CC[C@@H]1c2cc(-c3ccccc3F)nnc2C(C)(COCc2ccc(C(=O)OC)cc2)C1(C)C. The minimum atomic E-state index is -0.365. The number of carbonyl (C=O) groups is 1. The van der Waals surface area contributed by atoms with Gasteiger partial charge in [0.15, 0.2) is 0 Å². The third-order valence-electron chi connectivity index (χ3n) is 7.61. The molecule has 178 valence electrons. The Labute approximate surface area is 200 Å². The molecule has 0 amide bonds. The van der Waals surface area contributed by atoms with Gasteiger partial charge in [-0.05, 0) is 59.2 Å². The quantitative estimate of drug-likeness (QED) is 0.399. The maximum Gasteiger partial charge on any atom is 0.337 e. The Hall–Kier alpha value is -3.12. The van der Waals surface area contributed by atoms with Crippen LogP contribution in [0.5, 0.6) is 0 Å². The Morgan fingerprint density at radius 1 is 1.06 bits per heavy atom. The zero-order valence-electron chi connectivity index (χ0n) is 20.4. The van der Waals surface area contributed by atoms with Crippen LogP contribution in [0.2, 0.25) is 0 Å². The molecule has 4 rings (SSSR count). The lowest BCUT2D eigenvalue weighted by Gasteiger charge is -2.41. The van der Waals surface area contributed by atoms with E-state index in [0.29, 0.717) is 30.0 Å². The zero-order chi connectivity index (χ0) is 24.5. The Morgan fingerprint density at radius 3 is 2.41 bits per heavy atom. The zero-order valence-corrected chi connectivity index (χ0v) is 20.4. The van der Waals surface area contributed by atoms with Crippen LogP contribution in [0.15, 0.2) is 54.6 Å². The highest BCUT2D eigenvalue weighted by Crippen LogP contribution is 2.59. The van der Waals surface area contributed by atoms with Crippen molar-refractivity contribution in [2.75, 3.05) is 13.7 Å². The van der Waals surface area contributed by atoms with Crippen LogP contribution in [0.1, 0.15) is 67.2 Å². The highest BCUT2D eigenvalue weighted by molar-refractivity contribution is 5.89. The molecule has 1 aliphatic carbocycles. The molecule has 0 fully saturated rings. The lowest BCUT2D eigenvalue weighted by molar-refractivity contribution is 0.0199. The third-order valence-corrected chi connectivity index (χ3v) is 7.61. The van der Waals surface area contributed by atoms with E-state index in [1.54, 1.807) is 24.3 Å². The molecular weight excluding hydrogens is 431 g/mol. The van der Waals surface area contributed by atoms with Crippen LogP contribution in [0.4, 0.5) is 4.39 Å². The highest BCUT2D eigenvalue weighted by Gasteiger charge is 2.56. The van der Waals surface area contributed by atoms with Crippen LogP contribution >= 0.6 is 0 Å². The molecule has 1 aromatic heterocycles. The van der Waals surface area contributed by atoms with Crippen molar-refractivity contribution >= 4 is 5.97 Å². The Kier molecular flexibility index (Phi) is 6.54. The van der Waals surface area contributed by atoms with Crippen LogP contribution in [0.3, 0.4) is 0 Å². The van der Waals surface area contributed by atoms with Crippen molar-refractivity contribution in [3.8, 4) is 11.3 Å². The molecule has 3 aromatic rings. The number of aromatic nitrogens is 2. The number of ether oxygens (including phenoxy) is 2. The number of benzene rings is 2. The number of hydrogen-bond donors (Lipinski definition) is 0. The van der Waals surface area contributed by atoms with E-state index >= 15 is 0 Å². The van der Waals surface area contributed by atoms with Gasteiger partial charge in [0.2, 0.25) is 0 Å². The lowest BCUT2D eigenvalue weighted by atomic mass is 9.64. The normalized spacial score (nSPS) is 20.7. The fourth-order valence-corrected chi connectivity index (χ4v) is 5.19. The lowest BCUT2D eigenvalue weighted by Crippen LogP contribution is -2.42. The summed E-state index contributed by atoms with van der Waals surface area (Å²) in [5.74, 6) is -0.411. The van der Waals surface area contributed by atoms with Gasteiger partial charge in [0.05, 0.1) is 37.3 Å². The van der Waals surface area contributed by atoms with E-state index in [2.05, 4.69) is 37.9 Å². The van der Waals surface area contributed by atoms with Crippen molar-refractivity contribution < 1.29 is 18.7 Å². The molecule has 34 heavy (non-hydrogen) atoms. The number of hydrogen-bond acceptors (Lipinski definition) is 5. The second kappa shape index (κ2) is 9.26. The number of nitrogens with zero attached hydrogens (tertiary/aromatic N) is 2. The summed E-state index contributed by atoms with van der Waals surface area (Å²) in [4.78, 5) is 11.6. The average molecular weight is 463 g/mol. The third kappa shape index (κ3) is 4.00. The van der Waals surface area contributed by atoms with Gasteiger partial charge in [0.25, 0.3) is 0 Å². The summed E-state index contributed by atoms with van der Waals surface area (Å²) in [7, 11) is 1.37. The molecule has 0 aliphatic heterocycles. The molecule has 0 saturated heterocycles. The summed E-state index contributed by atoms with van der Waals surface area (Å²) in [5, 5.41) is 9.06. The van der Waals surface area contributed by atoms with Crippen molar-refractivity contribution in [2.24, 2.45) is 5.41 Å². The van der Waals surface area contributed by atoms with Gasteiger partial charge in [-0.25, -0.2) is 9.18 Å². The van der Waals surface area contributed by atoms with E-state index < -0.39 is 0 Å². The molecule has 2 aromatic carbocycles. The molecule has 0 spiro atoms. The highest BCUT2D eigenvalue weighted by atomic mass is 19.1. The van der Waals surface area contributed by atoms with Crippen LogP contribution in [0.25, 0.3) is 11.3 Å². The molecule has 0 radical (unpaired) electrons. The van der Waals surface area contributed by atoms with Gasteiger partial charge in [0.1, 0.15) is 5.82 Å². The summed E-state index contributed by atoms with van der Waals surface area (Å²) in [5.41, 5.74) is 4.04. The van der Waals surface area contributed by atoms with Gasteiger partial charge in [-0.3, -0.25) is 0 Å². The van der Waals surface area contributed by atoms with E-state index in [1.807, 2.05) is 24.3 Å². The minimum absolute atomic E-state index is 0.138. The first-order valence-electron chi connectivity index (χ1n) is 11.6. The number of methoxy groups -OCH3 is 1. The standard InChI is InChI=1S/C28H31FN2O3/c1-6-22-21-15-24(20-9-7-8-10-23(20)29)30-31-25(21)28(4,27(22,2)3)17-34-16-18-11-13-19(14-12-18)26(32)33-5/h7-15,22H,6,16-17H2,1-5H3/t22-,28?/m1/s1. The van der Waals surface area contributed by atoms with Crippen molar-refractivity contribution in [2.45, 2.75) is 52.1 Å². The Bertz CT molecular complexity index is 1190. The molecule has 0 N–H and O–H groups in total. The summed E-state index contributed by atoms with van der Waals surface area (Å²) in [6.45, 7) is 9.74. The van der Waals surface area contributed by atoms with Crippen LogP contribution < -0.4 is 0 Å². The van der Waals surface area contributed by atoms with E-state index in [9.17, 15) is 9.18 Å². The maximum absolute atomic E-state index is 14.4. The van der Waals surface area contributed by atoms with E-state index in [4.69, 9.17) is 9.47 Å². The predicted octanol–water partition coefficient (Wildman–Crippen LogP) is 6.08. The van der Waals surface area contributed by atoms with Gasteiger partial charge in [-0.1, -0.05) is 52.0 Å². The second-order valence-corrected chi connectivity index (χ2v) is 9.71. The van der Waals surface area contributed by atoms with Crippen LogP contribution in [-0.4, -0.2) is 29.9 Å². The maximum atomic E-state index is 14.4. The van der Waals surface area contributed by atoms with Gasteiger partial charge in [0, 0.05) is 11.0 Å². The largest absolute Gasteiger partial charge is 0.465 e. The number of esters is 1. The number of halogens is 1. The molecule has 1 unspecified atom stereocenters. The van der Waals surface area contributed by atoms with Gasteiger partial charge >= 0.3 is 5.97 Å². The number of carbonyl (C=O) groups excluding carboxylic acids is 1. The number of rotatable bonds is 7. The van der Waals surface area contributed by atoms with Crippen molar-refractivity contribution in [3.63, 3.8) is 0 Å². The van der Waals surface area contributed by atoms with Gasteiger partial charge in [-0.2, -0.15) is 10.2 Å². The van der Waals surface area contributed by atoms with Gasteiger partial charge in [-0.15, -0.1) is 0 Å². The molecule has 5 nitrogen and oxygen atoms in total. The summed E-state index contributed by atoms with van der Waals surface area (Å²) < 4.78 is 25.4. The van der Waals surface area contributed by atoms with Crippen molar-refractivity contribution in [1.29, 1.82) is 0 Å². The van der Waals surface area contributed by atoms with E-state index in [1.165, 1.54) is 13.2 Å². The first-order valence-corrected chi connectivity index (χ1v) is 11.6. The topological polar surface area (TPSA) is 61.3 Å². The van der Waals surface area contributed by atoms with E-state index in [-0.39, 0.29) is 28.5 Å². The fraction of sp³-hybridized carbons (Fsp3) is 0.393. The molecule has 1 heterocycles. The van der Waals surface area contributed by atoms with Crippen LogP contribution in [-0.2, 0) is 21.5 Å². The molecule has 0 bridgehead atoms. The molecular formula is C28H31FN2O3. The average Bonchev–Trinajstić information content (AvgIpc) is 3.00. The first kappa shape index (κ1) is 24.0. The minimum Gasteiger partial charge on any atom is -0.465 e. The van der Waals surface area contributed by atoms with Crippen LogP contribution in [0, 0.1) is 11.2 Å². The number of fused-ring (bicyclic) bond motifs is 1. The van der Waals surface area contributed by atoms with Crippen molar-refractivity contribution in [3.05, 3.63) is 82.8 Å². The second-order valence-electron chi connectivity index (χ2n) is 9.71. The summed E-state index contributed by atoms with van der Waals surface area (Å²) in [6.07, 6.45) is 0.937. The smallest absolute Gasteiger partial charge is 0.337 e. The molecule has 1 aliphatic rings. The Balaban J connectivity index is 1.59. The van der Waals surface area contributed by atoms with Crippen molar-refractivity contribution in [1.82, 2.24) is 10.2 Å². The Morgan fingerprint density at radius 2 is 1.76 bits per heavy atom. The molecule has 6 heteroatoms. The monoisotopic (exact) mass is 462 g/mol. The van der Waals surface area contributed by atoms with Gasteiger partial charge < -0.3 is 9.47 Å². The van der Waals surface area contributed by atoms with E-state index in [0.717, 1.165) is 23.2 Å². The molecule has 2 atom stereocenters. The molecule has 0 saturated carbocycles. The summed E-state index contributed by atoms with van der Waals surface area (Å²) >= 11 is 0. The predicted molar refractivity (Wildman–Crippen MR) is 129 cm³/mol. The summed E-state index contributed by atoms with van der Waals surface area (Å²) in [6, 6.07) is 15.9.